The summed E-state index contributed by atoms with van der Waals surface area (Å²) in [7, 11) is 3.92. The van der Waals surface area contributed by atoms with Crippen molar-refractivity contribution in [3.63, 3.8) is 0 Å². The van der Waals surface area contributed by atoms with Gasteiger partial charge >= 0.3 is 0 Å². The number of halogens is 1. The molecule has 0 amide bonds. The van der Waals surface area contributed by atoms with Crippen LogP contribution in [-0.4, -0.2) is 56.0 Å². The molecule has 2 aromatic carbocycles. The van der Waals surface area contributed by atoms with Crippen LogP contribution < -0.4 is 10.6 Å². The lowest BCUT2D eigenvalue weighted by molar-refractivity contribution is 0.148. The molecule has 1 aliphatic heterocycles. The molecule has 1 saturated heterocycles. The molecule has 2 N–H and O–H groups in total. The van der Waals surface area contributed by atoms with Crippen molar-refractivity contribution in [2.45, 2.75) is 19.6 Å². The number of nitrogens with zero attached hydrogens (tertiary/aromatic N) is 3. The van der Waals surface area contributed by atoms with E-state index in [0.717, 1.165) is 38.3 Å². The van der Waals surface area contributed by atoms with Gasteiger partial charge in [0, 0.05) is 52.9 Å². The maximum absolute atomic E-state index is 13.3. The predicted molar refractivity (Wildman–Crippen MR) is 113 cm³/mol. The van der Waals surface area contributed by atoms with Crippen molar-refractivity contribution in [3.05, 3.63) is 71.0 Å². The second kappa shape index (κ2) is 10.2. The van der Waals surface area contributed by atoms with Crippen LogP contribution in [0.25, 0.3) is 0 Å². The van der Waals surface area contributed by atoms with Gasteiger partial charge in [0.05, 0.1) is 0 Å². The molecule has 1 aliphatic rings. The van der Waals surface area contributed by atoms with Gasteiger partial charge in [0.2, 0.25) is 0 Å². The van der Waals surface area contributed by atoms with E-state index in [0.29, 0.717) is 19.0 Å². The Morgan fingerprint density at radius 1 is 0.929 bits per heavy atom. The van der Waals surface area contributed by atoms with Gasteiger partial charge in [0.1, 0.15) is 5.82 Å². The summed E-state index contributed by atoms with van der Waals surface area (Å²) in [4.78, 5) is 9.11. The predicted octanol–water partition coefficient (Wildman–Crippen LogP) is 2.44. The van der Waals surface area contributed by atoms with E-state index in [1.807, 2.05) is 6.07 Å². The minimum absolute atomic E-state index is 0.223. The van der Waals surface area contributed by atoms with Crippen LogP contribution in [0.5, 0.6) is 0 Å². The highest BCUT2D eigenvalue weighted by Crippen LogP contribution is 2.10. The molecule has 0 bridgehead atoms. The highest BCUT2D eigenvalue weighted by atomic mass is 19.1. The van der Waals surface area contributed by atoms with Crippen molar-refractivity contribution in [2.24, 2.45) is 4.99 Å². The molecule has 5 nitrogen and oxygen atoms in total. The molecule has 2 aromatic rings. The van der Waals surface area contributed by atoms with Crippen molar-refractivity contribution >= 4 is 5.96 Å². The third-order valence-corrected chi connectivity index (χ3v) is 5.06. The maximum atomic E-state index is 13.3. The second-order valence-electron chi connectivity index (χ2n) is 7.31. The molecule has 3 rings (SSSR count). The SMILES string of the molecule is CN=C(NCc1ccc(CN2CCN(C)CC2)cc1)NCc1cccc(F)c1. The van der Waals surface area contributed by atoms with E-state index in [-0.39, 0.29) is 5.82 Å². The number of likely N-dealkylation sites (N-methyl/N-ethyl adjacent to an activating group) is 1. The lowest BCUT2D eigenvalue weighted by Crippen LogP contribution is -2.43. The molecule has 0 aromatic heterocycles. The lowest BCUT2D eigenvalue weighted by atomic mass is 10.1. The van der Waals surface area contributed by atoms with Crippen LogP contribution in [0.4, 0.5) is 4.39 Å². The Morgan fingerprint density at radius 3 is 2.21 bits per heavy atom. The summed E-state index contributed by atoms with van der Waals surface area (Å²) in [5, 5.41) is 6.52. The van der Waals surface area contributed by atoms with Crippen LogP contribution in [-0.2, 0) is 19.6 Å². The van der Waals surface area contributed by atoms with Gasteiger partial charge in [-0.2, -0.15) is 0 Å². The molecule has 0 spiro atoms. The van der Waals surface area contributed by atoms with E-state index in [9.17, 15) is 4.39 Å². The summed E-state index contributed by atoms with van der Waals surface area (Å²) in [5.74, 6) is 0.477. The van der Waals surface area contributed by atoms with Crippen LogP contribution in [0, 0.1) is 5.82 Å². The topological polar surface area (TPSA) is 42.9 Å². The molecule has 6 heteroatoms. The molecule has 28 heavy (non-hydrogen) atoms. The zero-order chi connectivity index (χ0) is 19.8. The first-order valence-electron chi connectivity index (χ1n) is 9.80. The third kappa shape index (κ3) is 6.32. The quantitative estimate of drug-likeness (QED) is 0.594. The monoisotopic (exact) mass is 383 g/mol. The van der Waals surface area contributed by atoms with Gasteiger partial charge in [0.25, 0.3) is 0 Å². The van der Waals surface area contributed by atoms with Crippen LogP contribution in [0.15, 0.2) is 53.5 Å². The Labute approximate surface area is 167 Å². The smallest absolute Gasteiger partial charge is 0.191 e. The average Bonchev–Trinajstić information content (AvgIpc) is 2.71. The Bertz CT molecular complexity index is 767. The number of rotatable bonds is 6. The van der Waals surface area contributed by atoms with E-state index in [1.165, 1.54) is 23.3 Å². The number of hydrogen-bond donors (Lipinski definition) is 2. The van der Waals surface area contributed by atoms with Crippen LogP contribution in [0.3, 0.4) is 0 Å². The summed E-state index contributed by atoms with van der Waals surface area (Å²) >= 11 is 0. The van der Waals surface area contributed by atoms with Gasteiger partial charge in [-0.25, -0.2) is 4.39 Å². The van der Waals surface area contributed by atoms with E-state index < -0.39 is 0 Å². The first-order valence-corrected chi connectivity index (χ1v) is 9.80. The Hall–Kier alpha value is -2.44. The number of nitrogens with one attached hydrogen (secondary N) is 2. The van der Waals surface area contributed by atoms with Crippen molar-refractivity contribution in [1.29, 1.82) is 0 Å². The fourth-order valence-electron chi connectivity index (χ4n) is 3.27. The summed E-state index contributed by atoms with van der Waals surface area (Å²) < 4.78 is 13.3. The lowest BCUT2D eigenvalue weighted by Gasteiger charge is -2.32. The van der Waals surface area contributed by atoms with Crippen molar-refractivity contribution in [3.8, 4) is 0 Å². The zero-order valence-corrected chi connectivity index (χ0v) is 16.8. The highest BCUT2D eigenvalue weighted by molar-refractivity contribution is 5.79. The maximum Gasteiger partial charge on any atom is 0.191 e. The van der Waals surface area contributed by atoms with Crippen molar-refractivity contribution in [1.82, 2.24) is 20.4 Å². The number of benzene rings is 2. The summed E-state index contributed by atoms with van der Waals surface area (Å²) in [6.45, 7) is 6.78. The first kappa shape index (κ1) is 20.3. The number of guanidine groups is 1. The number of piperazine rings is 1. The highest BCUT2D eigenvalue weighted by Gasteiger charge is 2.13. The van der Waals surface area contributed by atoms with Crippen LogP contribution in [0.1, 0.15) is 16.7 Å². The molecule has 1 fully saturated rings. The van der Waals surface area contributed by atoms with Gasteiger partial charge in [-0.05, 0) is 35.9 Å². The Balaban J connectivity index is 1.44. The van der Waals surface area contributed by atoms with Crippen LogP contribution in [0.2, 0.25) is 0 Å². The Morgan fingerprint density at radius 2 is 1.57 bits per heavy atom. The fraction of sp³-hybridized carbons (Fsp3) is 0.409. The largest absolute Gasteiger partial charge is 0.352 e. The van der Waals surface area contributed by atoms with Gasteiger partial charge < -0.3 is 15.5 Å². The minimum atomic E-state index is -0.223. The first-order chi connectivity index (χ1) is 13.6. The Kier molecular flexibility index (Phi) is 7.39. The van der Waals surface area contributed by atoms with E-state index in [2.05, 4.69) is 56.7 Å². The minimum Gasteiger partial charge on any atom is -0.352 e. The number of aliphatic imine (C=N–C) groups is 1. The molecule has 0 radical (unpaired) electrons. The molecular formula is C22H30FN5. The molecule has 0 saturated carbocycles. The van der Waals surface area contributed by atoms with Crippen LogP contribution >= 0.6 is 0 Å². The molecule has 0 unspecified atom stereocenters. The second-order valence-corrected chi connectivity index (χ2v) is 7.31. The molecule has 0 aliphatic carbocycles. The normalized spacial score (nSPS) is 16.2. The molecule has 0 atom stereocenters. The van der Waals surface area contributed by atoms with E-state index >= 15 is 0 Å². The van der Waals surface area contributed by atoms with Crippen molar-refractivity contribution in [2.75, 3.05) is 40.3 Å². The number of hydrogen-bond acceptors (Lipinski definition) is 3. The van der Waals surface area contributed by atoms with Gasteiger partial charge in [-0.1, -0.05) is 36.4 Å². The summed E-state index contributed by atoms with van der Waals surface area (Å²) in [5.41, 5.74) is 3.44. The standard InChI is InChI=1S/C22H30FN5/c1-24-22(26-16-20-4-3-5-21(23)14-20)25-15-18-6-8-19(9-7-18)17-28-12-10-27(2)11-13-28/h3-9,14H,10-13,15-17H2,1-2H3,(H2,24,25,26). The summed E-state index contributed by atoms with van der Waals surface area (Å²) in [6, 6.07) is 15.3. The summed E-state index contributed by atoms with van der Waals surface area (Å²) in [6.07, 6.45) is 0. The van der Waals surface area contributed by atoms with Gasteiger partial charge in [-0.15, -0.1) is 0 Å². The molecular weight excluding hydrogens is 353 g/mol. The molecule has 150 valence electrons. The van der Waals surface area contributed by atoms with Gasteiger partial charge in [-0.3, -0.25) is 9.89 Å². The molecule has 1 heterocycles. The van der Waals surface area contributed by atoms with Gasteiger partial charge in [0.15, 0.2) is 5.96 Å². The third-order valence-electron chi connectivity index (χ3n) is 5.06. The van der Waals surface area contributed by atoms with E-state index in [1.54, 1.807) is 13.1 Å². The zero-order valence-electron chi connectivity index (χ0n) is 16.8. The van der Waals surface area contributed by atoms with E-state index in [4.69, 9.17) is 0 Å². The van der Waals surface area contributed by atoms with Crippen molar-refractivity contribution < 1.29 is 4.39 Å². The average molecular weight is 384 g/mol. The fourth-order valence-corrected chi connectivity index (χ4v) is 3.27.